The second kappa shape index (κ2) is 5.77. The Labute approximate surface area is 120 Å². The molecule has 0 bridgehead atoms. The third kappa shape index (κ3) is 3.68. The Hall–Kier alpha value is -1.65. The summed E-state index contributed by atoms with van der Waals surface area (Å²) in [5.41, 5.74) is -2.02. The predicted molar refractivity (Wildman–Crippen MR) is 76.6 cm³/mol. The monoisotopic (exact) mass is 281 g/mol. The lowest BCUT2D eigenvalue weighted by Crippen LogP contribution is -2.41. The van der Waals surface area contributed by atoms with Crippen LogP contribution in [0.1, 0.15) is 41.5 Å². The van der Waals surface area contributed by atoms with E-state index in [2.05, 4.69) is 4.99 Å². The van der Waals surface area contributed by atoms with Crippen LogP contribution in [0.4, 0.5) is 0 Å². The Morgan fingerprint density at radius 1 is 0.950 bits per heavy atom. The highest BCUT2D eigenvalue weighted by Crippen LogP contribution is 2.29. The van der Waals surface area contributed by atoms with E-state index in [0.29, 0.717) is 0 Å². The molecule has 0 spiro atoms. The van der Waals surface area contributed by atoms with Crippen LogP contribution in [-0.4, -0.2) is 35.9 Å². The van der Waals surface area contributed by atoms with Gasteiger partial charge in [0.25, 0.3) is 0 Å². The molecule has 2 atom stereocenters. The predicted octanol–water partition coefficient (Wildman–Crippen LogP) is 2.30. The van der Waals surface area contributed by atoms with Crippen LogP contribution in [-0.2, 0) is 19.1 Å². The number of hydrogen-bond acceptors (Lipinski definition) is 5. The number of rotatable bonds is 4. The molecule has 0 fully saturated rings. The molecule has 1 heterocycles. The van der Waals surface area contributed by atoms with Gasteiger partial charge in [-0.3, -0.25) is 9.79 Å². The molecule has 0 amide bonds. The van der Waals surface area contributed by atoms with Gasteiger partial charge in [0.15, 0.2) is 5.54 Å². The first kappa shape index (κ1) is 16.4. The topological polar surface area (TPSA) is 65.0 Å². The summed E-state index contributed by atoms with van der Waals surface area (Å²) in [7, 11) is 0. The first-order valence-corrected chi connectivity index (χ1v) is 6.78. The van der Waals surface area contributed by atoms with Gasteiger partial charge in [0.05, 0.1) is 12.2 Å². The minimum Gasteiger partial charge on any atom is -0.462 e. The third-order valence-electron chi connectivity index (χ3n) is 2.89. The molecule has 0 aromatic heterocycles. The number of carbonyl (C=O) groups excluding carboxylic acids is 2. The molecule has 0 saturated carbocycles. The maximum Gasteiger partial charge on any atom is 0.337 e. The minimum absolute atomic E-state index is 0.194. The van der Waals surface area contributed by atoms with E-state index in [9.17, 15) is 9.59 Å². The SMILES string of the molecule is CC(C)OC(=O)[C@]1(C)C=C[C@@](C)(C(=O)OC(C)C)N=C1. The molecule has 1 aliphatic heterocycles. The van der Waals surface area contributed by atoms with Crippen molar-refractivity contribution in [1.82, 2.24) is 0 Å². The molecule has 0 radical (unpaired) electrons. The van der Waals surface area contributed by atoms with Gasteiger partial charge in [-0.25, -0.2) is 4.79 Å². The zero-order chi connectivity index (χ0) is 15.6. The van der Waals surface area contributed by atoms with E-state index in [1.807, 2.05) is 0 Å². The first-order chi connectivity index (χ1) is 9.09. The van der Waals surface area contributed by atoms with Crippen molar-refractivity contribution in [1.29, 1.82) is 0 Å². The van der Waals surface area contributed by atoms with Gasteiger partial charge in [-0.1, -0.05) is 6.08 Å². The summed E-state index contributed by atoms with van der Waals surface area (Å²) in [6.45, 7) is 10.5. The van der Waals surface area contributed by atoms with Gasteiger partial charge >= 0.3 is 11.9 Å². The Balaban J connectivity index is 2.86. The van der Waals surface area contributed by atoms with Gasteiger partial charge < -0.3 is 9.47 Å². The molecule has 0 aliphatic carbocycles. The van der Waals surface area contributed by atoms with E-state index in [1.54, 1.807) is 53.7 Å². The summed E-state index contributed by atoms with van der Waals surface area (Å²) in [5.74, 6) is -0.814. The highest BCUT2D eigenvalue weighted by molar-refractivity contribution is 6.00. The molecule has 0 unspecified atom stereocenters. The lowest BCUT2D eigenvalue weighted by molar-refractivity contribution is -0.154. The first-order valence-electron chi connectivity index (χ1n) is 6.78. The summed E-state index contributed by atoms with van der Waals surface area (Å²) < 4.78 is 10.4. The number of dihydropyridines is 1. The van der Waals surface area contributed by atoms with E-state index in [4.69, 9.17) is 9.47 Å². The number of hydrogen-bond donors (Lipinski definition) is 0. The van der Waals surface area contributed by atoms with Gasteiger partial charge in [0.1, 0.15) is 5.41 Å². The second-order valence-corrected chi connectivity index (χ2v) is 5.93. The van der Waals surface area contributed by atoms with E-state index >= 15 is 0 Å². The summed E-state index contributed by atoms with van der Waals surface area (Å²) in [6.07, 6.45) is 4.30. The molecule has 0 N–H and O–H groups in total. The van der Waals surface area contributed by atoms with Crippen molar-refractivity contribution in [3.63, 3.8) is 0 Å². The molecule has 5 heteroatoms. The van der Waals surface area contributed by atoms with Crippen LogP contribution >= 0.6 is 0 Å². The Morgan fingerprint density at radius 2 is 1.45 bits per heavy atom. The van der Waals surface area contributed by atoms with Crippen molar-refractivity contribution >= 4 is 18.2 Å². The summed E-state index contributed by atoms with van der Waals surface area (Å²) in [6, 6.07) is 0. The third-order valence-corrected chi connectivity index (χ3v) is 2.89. The van der Waals surface area contributed by atoms with Crippen LogP contribution in [0, 0.1) is 5.41 Å². The smallest absolute Gasteiger partial charge is 0.337 e. The fourth-order valence-electron chi connectivity index (χ4n) is 1.61. The average molecular weight is 281 g/mol. The maximum absolute atomic E-state index is 12.0. The molecule has 0 aromatic carbocycles. The quantitative estimate of drug-likeness (QED) is 0.586. The standard InChI is InChI=1S/C15H23NO4/c1-10(2)19-12(17)14(5)7-8-15(6,16-9-14)13(18)20-11(3)4/h7-11H,1-6H3/t14-,15+/m1/s1. The molecule has 20 heavy (non-hydrogen) atoms. The Morgan fingerprint density at radius 3 is 1.85 bits per heavy atom. The number of esters is 2. The van der Waals surface area contributed by atoms with Gasteiger partial charge in [0.2, 0.25) is 0 Å². The van der Waals surface area contributed by atoms with Gasteiger partial charge in [0, 0.05) is 6.21 Å². The summed E-state index contributed by atoms with van der Waals surface area (Å²) in [5, 5.41) is 0. The molecule has 0 aromatic rings. The second-order valence-electron chi connectivity index (χ2n) is 5.93. The van der Waals surface area contributed by atoms with E-state index in [-0.39, 0.29) is 18.2 Å². The molecule has 5 nitrogen and oxygen atoms in total. The highest BCUT2D eigenvalue weighted by atomic mass is 16.5. The van der Waals surface area contributed by atoms with Crippen molar-refractivity contribution in [2.45, 2.75) is 59.3 Å². The minimum atomic E-state index is -1.08. The van der Waals surface area contributed by atoms with Crippen molar-refractivity contribution < 1.29 is 19.1 Å². The molecule has 112 valence electrons. The van der Waals surface area contributed by atoms with Crippen molar-refractivity contribution in [3.05, 3.63) is 12.2 Å². The largest absolute Gasteiger partial charge is 0.462 e. The van der Waals surface area contributed by atoms with Crippen LogP contribution in [0.5, 0.6) is 0 Å². The van der Waals surface area contributed by atoms with Crippen LogP contribution in [0.15, 0.2) is 17.1 Å². The molecule has 1 rings (SSSR count). The zero-order valence-electron chi connectivity index (χ0n) is 13.0. The number of nitrogens with zero attached hydrogens (tertiary/aromatic N) is 1. The zero-order valence-corrected chi connectivity index (χ0v) is 13.0. The van der Waals surface area contributed by atoms with Crippen LogP contribution < -0.4 is 0 Å². The van der Waals surface area contributed by atoms with E-state index < -0.39 is 16.9 Å². The summed E-state index contributed by atoms with van der Waals surface area (Å²) in [4.78, 5) is 28.2. The Bertz CT molecular complexity index is 395. The lowest BCUT2D eigenvalue weighted by atomic mass is 9.85. The fourth-order valence-corrected chi connectivity index (χ4v) is 1.61. The van der Waals surface area contributed by atoms with Gasteiger partial charge in [-0.05, 0) is 47.6 Å². The van der Waals surface area contributed by atoms with Gasteiger partial charge in [-0.2, -0.15) is 0 Å². The van der Waals surface area contributed by atoms with Crippen LogP contribution in [0.2, 0.25) is 0 Å². The van der Waals surface area contributed by atoms with Crippen molar-refractivity contribution in [2.24, 2.45) is 10.4 Å². The molecular formula is C15H23NO4. The molecule has 1 aliphatic rings. The number of carbonyl (C=O) groups is 2. The number of aliphatic imine (C=N–C) groups is 1. The van der Waals surface area contributed by atoms with Crippen molar-refractivity contribution in [3.8, 4) is 0 Å². The lowest BCUT2D eigenvalue weighted by Gasteiger charge is -2.29. The average Bonchev–Trinajstić information content (AvgIpc) is 2.31. The Kier molecular flexibility index (Phi) is 4.73. The molecule has 0 saturated heterocycles. The highest BCUT2D eigenvalue weighted by Gasteiger charge is 2.40. The fraction of sp³-hybridized carbons (Fsp3) is 0.667. The number of ether oxygens (including phenoxy) is 2. The van der Waals surface area contributed by atoms with Crippen LogP contribution in [0.25, 0.3) is 0 Å². The van der Waals surface area contributed by atoms with Gasteiger partial charge in [-0.15, -0.1) is 0 Å². The normalized spacial score (nSPS) is 28.8. The summed E-state index contributed by atoms with van der Waals surface area (Å²) >= 11 is 0. The van der Waals surface area contributed by atoms with Crippen LogP contribution in [0.3, 0.4) is 0 Å². The van der Waals surface area contributed by atoms with E-state index in [1.165, 1.54) is 6.21 Å². The van der Waals surface area contributed by atoms with E-state index in [0.717, 1.165) is 0 Å². The van der Waals surface area contributed by atoms with Crippen molar-refractivity contribution in [2.75, 3.05) is 0 Å². The maximum atomic E-state index is 12.0. The molecular weight excluding hydrogens is 258 g/mol.